The number of aromatic nitrogens is 2. The average Bonchev–Trinajstić information content (AvgIpc) is 2.32. The van der Waals surface area contributed by atoms with Crippen LogP contribution in [0, 0.1) is 5.92 Å². The molecule has 1 aromatic heterocycles. The van der Waals surface area contributed by atoms with Crippen molar-refractivity contribution in [3.05, 3.63) is 17.0 Å². The Morgan fingerprint density at radius 1 is 1.39 bits per heavy atom. The Labute approximate surface area is 115 Å². The number of hydrogen-bond acceptors (Lipinski definition) is 3. The summed E-state index contributed by atoms with van der Waals surface area (Å²) in [7, 11) is 0. The van der Waals surface area contributed by atoms with Gasteiger partial charge in [-0.25, -0.2) is 9.97 Å². The largest absolute Gasteiger partial charge is 0.354 e. The number of piperidine rings is 1. The Hall–Kier alpha value is -0.830. The van der Waals surface area contributed by atoms with Gasteiger partial charge in [-0.2, -0.15) is 0 Å². The molecule has 2 unspecified atom stereocenters. The van der Waals surface area contributed by atoms with E-state index in [0.717, 1.165) is 36.7 Å². The maximum Gasteiger partial charge on any atom is 0.137 e. The van der Waals surface area contributed by atoms with E-state index in [9.17, 15) is 0 Å². The lowest BCUT2D eigenvalue weighted by Gasteiger charge is -2.38. The molecule has 0 aromatic carbocycles. The molecule has 2 heterocycles. The van der Waals surface area contributed by atoms with Gasteiger partial charge in [0.15, 0.2) is 0 Å². The van der Waals surface area contributed by atoms with E-state index in [1.807, 2.05) is 0 Å². The minimum Gasteiger partial charge on any atom is -0.354 e. The van der Waals surface area contributed by atoms with Crippen molar-refractivity contribution in [3.63, 3.8) is 0 Å². The van der Waals surface area contributed by atoms with Gasteiger partial charge < -0.3 is 4.90 Å². The summed E-state index contributed by atoms with van der Waals surface area (Å²) in [5.74, 6) is 1.86. The number of nitrogens with zero attached hydrogens (tertiary/aromatic N) is 3. The highest BCUT2D eigenvalue weighted by atomic mass is 35.5. The summed E-state index contributed by atoms with van der Waals surface area (Å²) in [6, 6.07) is 0.537. The van der Waals surface area contributed by atoms with Crippen molar-refractivity contribution in [2.45, 2.75) is 52.5 Å². The Balaban J connectivity index is 2.29. The van der Waals surface area contributed by atoms with E-state index in [2.05, 4.69) is 35.6 Å². The van der Waals surface area contributed by atoms with E-state index in [4.69, 9.17) is 11.6 Å². The number of anilines is 1. The highest BCUT2D eigenvalue weighted by Gasteiger charge is 2.26. The van der Waals surface area contributed by atoms with Crippen LogP contribution in [-0.4, -0.2) is 22.6 Å². The molecule has 0 saturated carbocycles. The van der Waals surface area contributed by atoms with E-state index in [1.165, 1.54) is 12.8 Å². The zero-order valence-corrected chi connectivity index (χ0v) is 12.2. The Morgan fingerprint density at radius 3 is 2.83 bits per heavy atom. The molecular weight excluding hydrogens is 246 g/mol. The molecule has 1 saturated heterocycles. The highest BCUT2D eigenvalue weighted by Crippen LogP contribution is 2.31. The van der Waals surface area contributed by atoms with Crippen LogP contribution in [0.4, 0.5) is 5.82 Å². The summed E-state index contributed by atoms with van der Waals surface area (Å²) in [5.41, 5.74) is 1.11. The van der Waals surface area contributed by atoms with E-state index in [0.29, 0.717) is 11.2 Å². The quantitative estimate of drug-likeness (QED) is 0.782. The second-order valence-corrected chi connectivity index (χ2v) is 5.75. The van der Waals surface area contributed by atoms with Gasteiger partial charge in [0, 0.05) is 18.2 Å². The normalized spacial score (nSPS) is 24.3. The molecule has 18 heavy (non-hydrogen) atoms. The van der Waals surface area contributed by atoms with Crippen molar-refractivity contribution in [3.8, 4) is 0 Å². The molecule has 2 atom stereocenters. The third kappa shape index (κ3) is 2.77. The van der Waals surface area contributed by atoms with E-state index in [-0.39, 0.29) is 0 Å². The van der Waals surface area contributed by atoms with Crippen molar-refractivity contribution in [2.24, 2.45) is 5.92 Å². The topological polar surface area (TPSA) is 29.0 Å². The standard InChI is InChI=1S/C14H22ClN3/c1-4-5-12-13(15)16-9-17-14(12)18-7-6-10(2)8-11(18)3/h9-11H,4-8H2,1-3H3. The summed E-state index contributed by atoms with van der Waals surface area (Å²) in [6.45, 7) is 7.84. The molecular formula is C14H22ClN3. The fraction of sp³-hybridized carbons (Fsp3) is 0.714. The zero-order chi connectivity index (χ0) is 13.1. The molecule has 0 N–H and O–H groups in total. The van der Waals surface area contributed by atoms with Crippen molar-refractivity contribution in [1.82, 2.24) is 9.97 Å². The molecule has 100 valence electrons. The number of halogens is 1. The van der Waals surface area contributed by atoms with Gasteiger partial charge in [-0.05, 0) is 32.1 Å². The maximum atomic E-state index is 6.23. The molecule has 1 aliphatic rings. The summed E-state index contributed by atoms with van der Waals surface area (Å²) in [6.07, 6.45) is 6.07. The summed E-state index contributed by atoms with van der Waals surface area (Å²) in [5, 5.41) is 0.618. The van der Waals surface area contributed by atoms with Crippen molar-refractivity contribution >= 4 is 17.4 Å². The molecule has 4 heteroatoms. The van der Waals surface area contributed by atoms with Crippen LogP contribution in [0.3, 0.4) is 0 Å². The van der Waals surface area contributed by atoms with Crippen LogP contribution in [0.15, 0.2) is 6.33 Å². The van der Waals surface area contributed by atoms with Gasteiger partial charge in [0.05, 0.1) is 0 Å². The van der Waals surface area contributed by atoms with Crippen LogP contribution in [0.2, 0.25) is 5.15 Å². The molecule has 1 aromatic rings. The second-order valence-electron chi connectivity index (χ2n) is 5.39. The third-order valence-electron chi connectivity index (χ3n) is 3.78. The minimum atomic E-state index is 0.537. The van der Waals surface area contributed by atoms with Gasteiger partial charge >= 0.3 is 0 Å². The maximum absolute atomic E-state index is 6.23. The van der Waals surface area contributed by atoms with Crippen LogP contribution in [0.1, 0.15) is 45.6 Å². The number of hydrogen-bond donors (Lipinski definition) is 0. The van der Waals surface area contributed by atoms with Crippen LogP contribution in [-0.2, 0) is 6.42 Å². The Kier molecular flexibility index (Phi) is 4.44. The molecule has 2 rings (SSSR count). The van der Waals surface area contributed by atoms with Crippen molar-refractivity contribution < 1.29 is 0 Å². The number of rotatable bonds is 3. The van der Waals surface area contributed by atoms with Crippen LogP contribution in [0.25, 0.3) is 0 Å². The lowest BCUT2D eigenvalue weighted by molar-refractivity contribution is 0.375. The molecule has 0 aliphatic carbocycles. The van der Waals surface area contributed by atoms with E-state index in [1.54, 1.807) is 6.33 Å². The molecule has 0 amide bonds. The lowest BCUT2D eigenvalue weighted by atomic mass is 9.93. The zero-order valence-electron chi connectivity index (χ0n) is 11.5. The molecule has 0 spiro atoms. The van der Waals surface area contributed by atoms with Gasteiger partial charge in [0.2, 0.25) is 0 Å². The highest BCUT2D eigenvalue weighted by molar-refractivity contribution is 6.30. The van der Waals surface area contributed by atoms with E-state index >= 15 is 0 Å². The Morgan fingerprint density at radius 2 is 2.17 bits per heavy atom. The first-order valence-corrected chi connectivity index (χ1v) is 7.27. The van der Waals surface area contributed by atoms with Gasteiger partial charge in [-0.15, -0.1) is 0 Å². The van der Waals surface area contributed by atoms with Crippen LogP contribution in [0.5, 0.6) is 0 Å². The van der Waals surface area contributed by atoms with Crippen molar-refractivity contribution in [2.75, 3.05) is 11.4 Å². The first kappa shape index (κ1) is 13.6. The minimum absolute atomic E-state index is 0.537. The predicted octanol–water partition coefficient (Wildman–Crippen LogP) is 3.71. The molecule has 1 fully saturated rings. The fourth-order valence-corrected chi connectivity index (χ4v) is 3.04. The summed E-state index contributed by atoms with van der Waals surface area (Å²) in [4.78, 5) is 11.0. The van der Waals surface area contributed by atoms with Gasteiger partial charge in [0.1, 0.15) is 17.3 Å². The average molecular weight is 268 g/mol. The first-order valence-electron chi connectivity index (χ1n) is 6.89. The molecule has 1 aliphatic heterocycles. The van der Waals surface area contributed by atoms with Gasteiger partial charge in [-0.3, -0.25) is 0 Å². The third-order valence-corrected chi connectivity index (χ3v) is 4.11. The smallest absolute Gasteiger partial charge is 0.137 e. The lowest BCUT2D eigenvalue weighted by Crippen LogP contribution is -2.41. The molecule has 0 radical (unpaired) electrons. The van der Waals surface area contributed by atoms with Crippen molar-refractivity contribution in [1.29, 1.82) is 0 Å². The monoisotopic (exact) mass is 267 g/mol. The predicted molar refractivity (Wildman–Crippen MR) is 76.2 cm³/mol. The van der Waals surface area contributed by atoms with Gasteiger partial charge in [0.25, 0.3) is 0 Å². The van der Waals surface area contributed by atoms with Crippen LogP contribution >= 0.6 is 11.6 Å². The first-order chi connectivity index (χ1) is 8.63. The van der Waals surface area contributed by atoms with Crippen LogP contribution < -0.4 is 4.90 Å². The van der Waals surface area contributed by atoms with E-state index < -0.39 is 0 Å². The Bertz CT molecular complexity index is 408. The van der Waals surface area contributed by atoms with Gasteiger partial charge in [-0.1, -0.05) is 31.9 Å². The molecule has 0 bridgehead atoms. The SMILES string of the molecule is CCCc1c(Cl)ncnc1N1CCC(C)CC1C. The summed E-state index contributed by atoms with van der Waals surface area (Å²) >= 11 is 6.23. The molecule has 3 nitrogen and oxygen atoms in total. The summed E-state index contributed by atoms with van der Waals surface area (Å²) < 4.78 is 0. The second kappa shape index (κ2) is 5.87. The fourth-order valence-electron chi connectivity index (χ4n) is 2.82.